The number of imide groups is 1. The van der Waals surface area contributed by atoms with Gasteiger partial charge in [-0.15, -0.1) is 0 Å². The number of ether oxygens (including phenoxy) is 1. The highest BCUT2D eigenvalue weighted by Gasteiger charge is 2.40. The van der Waals surface area contributed by atoms with Gasteiger partial charge in [-0.2, -0.15) is 0 Å². The Balaban J connectivity index is 2.11. The van der Waals surface area contributed by atoms with Gasteiger partial charge in [0.1, 0.15) is 11.6 Å². The van der Waals surface area contributed by atoms with Crippen molar-refractivity contribution in [1.82, 2.24) is 15.3 Å². The summed E-state index contributed by atoms with van der Waals surface area (Å²) in [4.78, 5) is 56.2. The first-order valence-electron chi connectivity index (χ1n) is 8.83. The molecule has 1 aromatic carbocycles. The van der Waals surface area contributed by atoms with E-state index in [0.717, 1.165) is 0 Å². The first kappa shape index (κ1) is 21.4. The minimum absolute atomic E-state index is 0.158. The second-order valence-electron chi connectivity index (χ2n) is 7.65. The van der Waals surface area contributed by atoms with E-state index in [-0.39, 0.29) is 17.5 Å². The Morgan fingerprint density at radius 1 is 1.11 bits per heavy atom. The number of carbonyl (C=O) groups excluding carboxylic acids is 4. The highest BCUT2D eigenvalue weighted by atomic mass is 16.7. The Morgan fingerprint density at radius 3 is 2.11 bits per heavy atom. The molecule has 1 heterocycles. The van der Waals surface area contributed by atoms with Gasteiger partial charge in [-0.3, -0.25) is 9.59 Å². The molecular weight excluding hydrogens is 366 g/mol. The van der Waals surface area contributed by atoms with Crippen molar-refractivity contribution in [2.75, 3.05) is 20.6 Å². The molecule has 1 aliphatic rings. The molecule has 0 aromatic heterocycles. The standard InChI is InChI=1S/C19H25N3O6/c1-19(2,3)27-18(26)20-14(10-11-21(4)5)17(25)28-22-15(23)12-8-6-7-9-13(12)16(22)24/h6-9,14H,10-11H2,1-5H3,(H,20,26). The van der Waals surface area contributed by atoms with Gasteiger partial charge < -0.3 is 19.8 Å². The van der Waals surface area contributed by atoms with Crippen LogP contribution < -0.4 is 5.32 Å². The lowest BCUT2D eigenvalue weighted by Crippen LogP contribution is -2.48. The molecule has 0 bridgehead atoms. The fraction of sp³-hybridized carbons (Fsp3) is 0.474. The summed E-state index contributed by atoms with van der Waals surface area (Å²) in [6.45, 7) is 5.53. The molecule has 0 fully saturated rings. The molecule has 28 heavy (non-hydrogen) atoms. The van der Waals surface area contributed by atoms with E-state index < -0.39 is 35.5 Å². The van der Waals surface area contributed by atoms with Gasteiger partial charge in [-0.25, -0.2) is 9.59 Å². The van der Waals surface area contributed by atoms with Crippen LogP contribution >= 0.6 is 0 Å². The van der Waals surface area contributed by atoms with E-state index in [0.29, 0.717) is 11.6 Å². The van der Waals surface area contributed by atoms with Crippen molar-refractivity contribution in [3.05, 3.63) is 35.4 Å². The summed E-state index contributed by atoms with van der Waals surface area (Å²) in [6, 6.07) is 5.08. The number of rotatable bonds is 6. The van der Waals surface area contributed by atoms with E-state index in [2.05, 4.69) is 5.32 Å². The summed E-state index contributed by atoms with van der Waals surface area (Å²) in [7, 11) is 3.61. The van der Waals surface area contributed by atoms with E-state index >= 15 is 0 Å². The molecule has 9 heteroatoms. The largest absolute Gasteiger partial charge is 0.444 e. The van der Waals surface area contributed by atoms with Crippen LogP contribution in [-0.4, -0.2) is 66.1 Å². The molecule has 0 spiro atoms. The highest BCUT2D eigenvalue weighted by Crippen LogP contribution is 2.23. The zero-order valence-corrected chi connectivity index (χ0v) is 16.6. The zero-order valence-electron chi connectivity index (χ0n) is 16.6. The molecule has 0 saturated heterocycles. The topological polar surface area (TPSA) is 105 Å². The van der Waals surface area contributed by atoms with Crippen molar-refractivity contribution >= 4 is 23.9 Å². The average Bonchev–Trinajstić information content (AvgIpc) is 2.82. The Bertz CT molecular complexity index is 749. The van der Waals surface area contributed by atoms with E-state index in [1.165, 1.54) is 12.1 Å². The van der Waals surface area contributed by atoms with Crippen LogP contribution in [0.25, 0.3) is 0 Å². The van der Waals surface area contributed by atoms with Gasteiger partial charge in [0.2, 0.25) is 0 Å². The molecule has 0 aliphatic carbocycles. The third kappa shape index (κ3) is 5.29. The third-order valence-electron chi connectivity index (χ3n) is 3.78. The summed E-state index contributed by atoms with van der Waals surface area (Å²) in [5.41, 5.74) is -0.432. The number of amides is 3. The lowest BCUT2D eigenvalue weighted by Gasteiger charge is -2.24. The van der Waals surface area contributed by atoms with Gasteiger partial charge in [0, 0.05) is 6.54 Å². The summed E-state index contributed by atoms with van der Waals surface area (Å²) in [5, 5.41) is 2.86. The predicted octanol–water partition coefficient (Wildman–Crippen LogP) is 1.59. The third-order valence-corrected chi connectivity index (χ3v) is 3.78. The van der Waals surface area contributed by atoms with Gasteiger partial charge in [0.25, 0.3) is 11.8 Å². The normalized spacial score (nSPS) is 14.7. The number of alkyl carbamates (subject to hydrolysis) is 1. The Morgan fingerprint density at radius 2 is 1.64 bits per heavy atom. The minimum atomic E-state index is -1.10. The monoisotopic (exact) mass is 391 g/mol. The maximum atomic E-state index is 12.6. The molecule has 0 radical (unpaired) electrons. The summed E-state index contributed by atoms with van der Waals surface area (Å²) < 4.78 is 5.17. The summed E-state index contributed by atoms with van der Waals surface area (Å²) in [6.07, 6.45) is -0.593. The van der Waals surface area contributed by atoms with Crippen molar-refractivity contribution in [2.24, 2.45) is 0 Å². The van der Waals surface area contributed by atoms with E-state index in [4.69, 9.17) is 9.57 Å². The van der Waals surface area contributed by atoms with Crippen molar-refractivity contribution < 1.29 is 28.8 Å². The quantitative estimate of drug-likeness (QED) is 0.734. The van der Waals surface area contributed by atoms with Crippen molar-refractivity contribution in [3.8, 4) is 0 Å². The Hall–Kier alpha value is -2.94. The number of hydrogen-bond donors (Lipinski definition) is 1. The van der Waals surface area contributed by atoms with E-state index in [9.17, 15) is 19.2 Å². The van der Waals surface area contributed by atoms with Crippen LogP contribution in [0.3, 0.4) is 0 Å². The van der Waals surface area contributed by atoms with Gasteiger partial charge in [-0.1, -0.05) is 17.2 Å². The summed E-state index contributed by atoms with van der Waals surface area (Å²) >= 11 is 0. The minimum Gasteiger partial charge on any atom is -0.444 e. The molecule has 1 aromatic rings. The Labute approximate surface area is 163 Å². The van der Waals surface area contributed by atoms with E-state index in [1.807, 2.05) is 4.90 Å². The molecule has 0 saturated carbocycles. The molecular formula is C19H25N3O6. The van der Waals surface area contributed by atoms with Gasteiger partial charge in [0.05, 0.1) is 11.1 Å². The Kier molecular flexibility index (Phi) is 6.40. The van der Waals surface area contributed by atoms with Crippen molar-refractivity contribution in [3.63, 3.8) is 0 Å². The number of hydroxylamine groups is 2. The number of nitrogens with zero attached hydrogens (tertiary/aromatic N) is 2. The highest BCUT2D eigenvalue weighted by molar-refractivity contribution is 6.20. The van der Waals surface area contributed by atoms with Crippen LogP contribution in [0.15, 0.2) is 24.3 Å². The predicted molar refractivity (Wildman–Crippen MR) is 99.4 cm³/mol. The van der Waals surface area contributed by atoms with Crippen LogP contribution in [0.4, 0.5) is 4.79 Å². The number of hydrogen-bond acceptors (Lipinski definition) is 7. The van der Waals surface area contributed by atoms with Crippen molar-refractivity contribution in [1.29, 1.82) is 0 Å². The number of nitrogens with one attached hydrogen (secondary N) is 1. The first-order valence-corrected chi connectivity index (χ1v) is 8.83. The smallest absolute Gasteiger partial charge is 0.408 e. The zero-order chi connectivity index (χ0) is 21.1. The SMILES string of the molecule is CN(C)CCC(NC(=O)OC(C)(C)C)C(=O)ON1C(=O)c2ccccc2C1=O. The van der Waals surface area contributed by atoms with E-state index in [1.54, 1.807) is 47.0 Å². The maximum absolute atomic E-state index is 12.6. The van der Waals surface area contributed by atoms with Gasteiger partial charge >= 0.3 is 12.1 Å². The maximum Gasteiger partial charge on any atom is 0.408 e. The molecule has 3 amide bonds. The van der Waals surface area contributed by atoms with Gasteiger partial charge in [-0.05, 0) is 53.4 Å². The van der Waals surface area contributed by atoms with Crippen LogP contribution in [-0.2, 0) is 14.4 Å². The molecule has 1 N–H and O–H groups in total. The fourth-order valence-corrected chi connectivity index (χ4v) is 2.49. The van der Waals surface area contributed by atoms with Crippen LogP contribution in [0.2, 0.25) is 0 Å². The van der Waals surface area contributed by atoms with Crippen LogP contribution in [0.5, 0.6) is 0 Å². The number of fused-ring (bicyclic) bond motifs is 1. The molecule has 1 atom stereocenters. The van der Waals surface area contributed by atoms with Crippen molar-refractivity contribution in [2.45, 2.75) is 38.8 Å². The molecule has 9 nitrogen and oxygen atoms in total. The molecule has 2 rings (SSSR count). The van der Waals surface area contributed by atoms with Crippen LogP contribution in [0.1, 0.15) is 47.9 Å². The first-order chi connectivity index (χ1) is 13.0. The second-order valence-corrected chi connectivity index (χ2v) is 7.65. The average molecular weight is 391 g/mol. The van der Waals surface area contributed by atoms with Crippen LogP contribution in [0, 0.1) is 0 Å². The number of benzene rings is 1. The van der Waals surface area contributed by atoms with Gasteiger partial charge in [0.15, 0.2) is 0 Å². The lowest BCUT2D eigenvalue weighted by atomic mass is 10.1. The summed E-state index contributed by atoms with van der Waals surface area (Å²) in [5.74, 6) is -2.38. The number of carbonyl (C=O) groups is 4. The second kappa shape index (κ2) is 8.39. The lowest BCUT2D eigenvalue weighted by molar-refractivity contribution is -0.171. The molecule has 152 valence electrons. The molecule has 1 unspecified atom stereocenters. The fourth-order valence-electron chi connectivity index (χ4n) is 2.49. The molecule has 1 aliphatic heterocycles.